The Bertz CT molecular complexity index is 540. The van der Waals surface area contributed by atoms with E-state index in [1.165, 1.54) is 0 Å². The Kier molecular flexibility index (Phi) is 3.54. The van der Waals surface area contributed by atoms with Gasteiger partial charge in [-0.3, -0.25) is 4.79 Å². The first-order chi connectivity index (χ1) is 8.15. The van der Waals surface area contributed by atoms with Crippen LogP contribution in [0.2, 0.25) is 0 Å². The van der Waals surface area contributed by atoms with Crippen molar-refractivity contribution in [3.63, 3.8) is 0 Å². The molecule has 1 aromatic carbocycles. The van der Waals surface area contributed by atoms with Crippen LogP contribution in [0, 0.1) is 6.92 Å². The molecule has 17 heavy (non-hydrogen) atoms. The van der Waals surface area contributed by atoms with Gasteiger partial charge in [-0.15, -0.1) is 12.6 Å². The summed E-state index contributed by atoms with van der Waals surface area (Å²) in [6.07, 6.45) is 0.157. The van der Waals surface area contributed by atoms with Crippen LogP contribution in [0.5, 0.6) is 0 Å². The fourth-order valence-corrected chi connectivity index (χ4v) is 1.74. The highest BCUT2D eigenvalue weighted by Crippen LogP contribution is 2.17. The number of hydrogen-bond acceptors (Lipinski definition) is 3. The molecule has 0 saturated heterocycles. The van der Waals surface area contributed by atoms with Crippen LogP contribution < -0.4 is 0 Å². The Labute approximate surface area is 105 Å². The summed E-state index contributed by atoms with van der Waals surface area (Å²) in [6, 6.07) is 11.7. The molecular weight excluding hydrogens is 232 g/mol. The summed E-state index contributed by atoms with van der Waals surface area (Å²) in [7, 11) is 0. The number of hydrogen-bond donors (Lipinski definition) is 1. The predicted molar refractivity (Wildman–Crippen MR) is 69.9 cm³/mol. The topological polar surface area (TPSA) is 42.9 Å². The minimum atomic E-state index is -0.227. The van der Waals surface area contributed by atoms with E-state index in [9.17, 15) is 4.79 Å². The minimum absolute atomic E-state index is 0.157. The van der Waals surface area contributed by atoms with Crippen LogP contribution in [-0.4, -0.2) is 15.1 Å². The molecule has 0 unspecified atom stereocenters. The van der Waals surface area contributed by atoms with Crippen LogP contribution in [0.3, 0.4) is 0 Å². The van der Waals surface area contributed by atoms with Gasteiger partial charge in [-0.1, -0.05) is 30.3 Å². The number of carbonyl (C=O) groups excluding carboxylic acids is 1. The van der Waals surface area contributed by atoms with Crippen LogP contribution in [0.25, 0.3) is 11.3 Å². The maximum absolute atomic E-state index is 11.0. The fourth-order valence-electron chi connectivity index (χ4n) is 1.60. The number of carbonyl (C=O) groups is 1. The number of aromatic nitrogens is 2. The minimum Gasteiger partial charge on any atom is -0.287 e. The lowest BCUT2D eigenvalue weighted by atomic mass is 10.1. The van der Waals surface area contributed by atoms with E-state index >= 15 is 0 Å². The predicted octanol–water partition coefficient (Wildman–Crippen LogP) is 2.45. The van der Waals surface area contributed by atoms with Crippen LogP contribution in [0.1, 0.15) is 11.5 Å². The summed E-state index contributed by atoms with van der Waals surface area (Å²) < 4.78 is 0. The first-order valence-corrected chi connectivity index (χ1v) is 5.71. The number of benzene rings is 1. The third kappa shape index (κ3) is 3.14. The third-order valence-corrected chi connectivity index (χ3v) is 2.44. The van der Waals surface area contributed by atoms with Crippen molar-refractivity contribution in [2.24, 2.45) is 0 Å². The van der Waals surface area contributed by atoms with Gasteiger partial charge in [0.1, 0.15) is 5.82 Å². The van der Waals surface area contributed by atoms with E-state index in [0.717, 1.165) is 17.0 Å². The van der Waals surface area contributed by atoms with Gasteiger partial charge in [0, 0.05) is 11.3 Å². The molecule has 0 spiro atoms. The first kappa shape index (κ1) is 11.8. The number of thiol groups is 1. The summed E-state index contributed by atoms with van der Waals surface area (Å²) in [4.78, 5) is 19.5. The number of aryl methyl sites for hydroxylation is 1. The Morgan fingerprint density at radius 3 is 2.59 bits per heavy atom. The molecule has 0 amide bonds. The molecule has 1 heterocycles. The van der Waals surface area contributed by atoms with E-state index < -0.39 is 0 Å². The SMILES string of the molecule is Cc1cc(-c2ccccc2)nc(CC(=O)S)n1. The maximum Gasteiger partial charge on any atom is 0.193 e. The summed E-state index contributed by atoms with van der Waals surface area (Å²) in [5.74, 6) is 0.517. The van der Waals surface area contributed by atoms with Crippen molar-refractivity contribution in [1.82, 2.24) is 9.97 Å². The highest BCUT2D eigenvalue weighted by atomic mass is 32.1. The van der Waals surface area contributed by atoms with Gasteiger partial charge in [0.15, 0.2) is 5.12 Å². The van der Waals surface area contributed by atoms with E-state index in [1.807, 2.05) is 43.3 Å². The molecule has 0 bridgehead atoms. The Morgan fingerprint density at radius 1 is 1.24 bits per heavy atom. The summed E-state index contributed by atoms with van der Waals surface area (Å²) in [5.41, 5.74) is 2.71. The lowest BCUT2D eigenvalue weighted by molar-refractivity contribution is -0.110. The van der Waals surface area contributed by atoms with Crippen molar-refractivity contribution in [1.29, 1.82) is 0 Å². The molecule has 0 aliphatic heterocycles. The van der Waals surface area contributed by atoms with Gasteiger partial charge in [0.2, 0.25) is 0 Å². The van der Waals surface area contributed by atoms with Gasteiger partial charge in [0.05, 0.1) is 12.1 Å². The standard InChI is InChI=1S/C13H12N2OS/c1-9-7-11(10-5-3-2-4-6-10)15-12(14-9)8-13(16)17/h2-7H,8H2,1H3,(H,16,17). The molecule has 2 rings (SSSR count). The quantitative estimate of drug-likeness (QED) is 0.843. The van der Waals surface area contributed by atoms with Crippen LogP contribution >= 0.6 is 12.6 Å². The van der Waals surface area contributed by atoms with Crippen molar-refractivity contribution in [2.45, 2.75) is 13.3 Å². The van der Waals surface area contributed by atoms with Crippen LogP contribution in [0.4, 0.5) is 0 Å². The average molecular weight is 244 g/mol. The molecule has 0 aliphatic carbocycles. The zero-order chi connectivity index (χ0) is 12.3. The molecule has 3 nitrogen and oxygen atoms in total. The summed E-state index contributed by atoms with van der Waals surface area (Å²) in [6.45, 7) is 1.89. The molecule has 2 aromatic rings. The zero-order valence-corrected chi connectivity index (χ0v) is 10.3. The molecule has 0 saturated carbocycles. The van der Waals surface area contributed by atoms with Gasteiger partial charge < -0.3 is 0 Å². The van der Waals surface area contributed by atoms with Crippen molar-refractivity contribution in [3.8, 4) is 11.3 Å². The summed E-state index contributed by atoms with van der Waals surface area (Å²) >= 11 is 3.75. The van der Waals surface area contributed by atoms with Crippen molar-refractivity contribution in [3.05, 3.63) is 47.9 Å². The lowest BCUT2D eigenvalue weighted by Gasteiger charge is -2.04. The normalized spacial score (nSPS) is 10.2. The van der Waals surface area contributed by atoms with Gasteiger partial charge in [-0.2, -0.15) is 0 Å². The van der Waals surface area contributed by atoms with Crippen molar-refractivity contribution < 1.29 is 4.79 Å². The van der Waals surface area contributed by atoms with E-state index in [-0.39, 0.29) is 11.5 Å². The van der Waals surface area contributed by atoms with E-state index in [1.54, 1.807) is 0 Å². The van der Waals surface area contributed by atoms with Crippen molar-refractivity contribution in [2.75, 3.05) is 0 Å². The first-order valence-electron chi connectivity index (χ1n) is 5.27. The van der Waals surface area contributed by atoms with Crippen LogP contribution in [-0.2, 0) is 11.2 Å². The van der Waals surface area contributed by atoms with Gasteiger partial charge in [-0.25, -0.2) is 9.97 Å². The maximum atomic E-state index is 11.0. The molecule has 86 valence electrons. The van der Waals surface area contributed by atoms with E-state index in [4.69, 9.17) is 0 Å². The van der Waals surface area contributed by atoms with E-state index in [2.05, 4.69) is 22.6 Å². The molecule has 0 fully saturated rings. The smallest absolute Gasteiger partial charge is 0.193 e. The van der Waals surface area contributed by atoms with Crippen molar-refractivity contribution >= 4 is 17.7 Å². The fraction of sp³-hybridized carbons (Fsp3) is 0.154. The Morgan fingerprint density at radius 2 is 1.94 bits per heavy atom. The second-order valence-electron chi connectivity index (χ2n) is 3.75. The second kappa shape index (κ2) is 5.10. The van der Waals surface area contributed by atoms with E-state index in [0.29, 0.717) is 5.82 Å². The second-order valence-corrected chi connectivity index (χ2v) is 4.25. The average Bonchev–Trinajstić information content (AvgIpc) is 2.28. The molecule has 4 heteroatoms. The highest BCUT2D eigenvalue weighted by molar-refractivity contribution is 7.96. The lowest BCUT2D eigenvalue weighted by Crippen LogP contribution is -2.03. The molecule has 0 atom stereocenters. The number of rotatable bonds is 3. The zero-order valence-electron chi connectivity index (χ0n) is 9.42. The third-order valence-electron chi connectivity index (χ3n) is 2.28. The highest BCUT2D eigenvalue weighted by Gasteiger charge is 2.06. The molecular formula is C13H12N2OS. The number of nitrogens with zero attached hydrogens (tertiary/aromatic N) is 2. The van der Waals surface area contributed by atoms with Crippen LogP contribution in [0.15, 0.2) is 36.4 Å². The van der Waals surface area contributed by atoms with Gasteiger partial charge in [-0.05, 0) is 13.0 Å². The Balaban J connectivity index is 2.42. The molecule has 0 aliphatic rings. The van der Waals surface area contributed by atoms with Gasteiger partial charge >= 0.3 is 0 Å². The molecule has 0 radical (unpaired) electrons. The summed E-state index contributed by atoms with van der Waals surface area (Å²) in [5, 5.41) is -0.227. The Hall–Kier alpha value is -1.68. The molecule has 1 aromatic heterocycles. The largest absolute Gasteiger partial charge is 0.287 e. The molecule has 0 N–H and O–H groups in total. The van der Waals surface area contributed by atoms with Gasteiger partial charge in [0.25, 0.3) is 0 Å². The monoisotopic (exact) mass is 244 g/mol.